The third-order valence-electron chi connectivity index (χ3n) is 7.24. The van der Waals surface area contributed by atoms with Crippen LogP contribution < -0.4 is 9.62 Å². The van der Waals surface area contributed by atoms with E-state index in [0.29, 0.717) is 33.4 Å². The maximum Gasteiger partial charge on any atom is 0.264 e. The molecule has 1 atom stereocenters. The lowest BCUT2D eigenvalue weighted by atomic mass is 10.0. The molecule has 0 fully saturated rings. The van der Waals surface area contributed by atoms with Crippen LogP contribution in [-0.2, 0) is 32.6 Å². The minimum Gasteiger partial charge on any atom is -0.355 e. The highest BCUT2D eigenvalue weighted by Gasteiger charge is 2.35. The molecule has 230 valence electrons. The van der Waals surface area contributed by atoms with Crippen LogP contribution in [0.4, 0.5) is 5.69 Å². The van der Waals surface area contributed by atoms with Crippen molar-refractivity contribution in [2.75, 3.05) is 17.4 Å². The van der Waals surface area contributed by atoms with Crippen LogP contribution in [0.15, 0.2) is 102 Å². The Morgan fingerprint density at radius 2 is 1.45 bits per heavy atom. The minimum absolute atomic E-state index is 0.0398. The number of anilines is 1. The van der Waals surface area contributed by atoms with Crippen molar-refractivity contribution in [2.45, 2.75) is 44.7 Å². The van der Waals surface area contributed by atoms with E-state index in [1.165, 1.54) is 17.0 Å². The normalized spacial score (nSPS) is 11.9. The van der Waals surface area contributed by atoms with Gasteiger partial charge in [0.05, 0.1) is 10.6 Å². The summed E-state index contributed by atoms with van der Waals surface area (Å²) in [6.45, 7) is 5.17. The molecule has 0 aliphatic rings. The van der Waals surface area contributed by atoms with Crippen molar-refractivity contribution in [3.63, 3.8) is 0 Å². The van der Waals surface area contributed by atoms with Gasteiger partial charge >= 0.3 is 0 Å². The summed E-state index contributed by atoms with van der Waals surface area (Å²) >= 11 is 13.1. The van der Waals surface area contributed by atoms with E-state index in [1.807, 2.05) is 43.3 Å². The van der Waals surface area contributed by atoms with Gasteiger partial charge in [0.1, 0.15) is 12.6 Å². The number of aryl methyl sites for hydroxylation is 2. The molecule has 7 nitrogen and oxygen atoms in total. The topological polar surface area (TPSA) is 86.8 Å². The SMILES string of the molecule is CCNC(=O)[C@H](Cc1ccccc1)N(Cc1c(Cl)cccc1Cl)C(=O)CN(c1ccc(C)cc1C)S(=O)(=O)c1ccccc1. The zero-order valence-corrected chi connectivity index (χ0v) is 27.2. The molecular weight excluding hydrogens is 617 g/mol. The van der Waals surface area contributed by atoms with E-state index in [4.69, 9.17) is 23.2 Å². The van der Waals surface area contributed by atoms with E-state index >= 15 is 0 Å². The molecule has 44 heavy (non-hydrogen) atoms. The van der Waals surface area contributed by atoms with Crippen LogP contribution in [0.3, 0.4) is 0 Å². The van der Waals surface area contributed by atoms with Gasteiger partial charge in [-0.25, -0.2) is 8.42 Å². The van der Waals surface area contributed by atoms with Gasteiger partial charge < -0.3 is 10.2 Å². The van der Waals surface area contributed by atoms with Crippen molar-refractivity contribution < 1.29 is 18.0 Å². The third kappa shape index (κ3) is 7.80. The Balaban J connectivity index is 1.85. The number of nitrogens with one attached hydrogen (secondary N) is 1. The first kappa shape index (κ1) is 33.1. The van der Waals surface area contributed by atoms with Gasteiger partial charge in [0.2, 0.25) is 11.8 Å². The molecule has 0 heterocycles. The molecule has 0 bridgehead atoms. The van der Waals surface area contributed by atoms with Crippen LogP contribution in [0.1, 0.15) is 29.2 Å². The van der Waals surface area contributed by atoms with Gasteiger partial charge in [0.25, 0.3) is 10.0 Å². The number of amides is 2. The van der Waals surface area contributed by atoms with E-state index in [1.54, 1.807) is 62.4 Å². The average molecular weight is 653 g/mol. The number of carbonyl (C=O) groups excluding carboxylic acids is 2. The lowest BCUT2D eigenvalue weighted by molar-refractivity contribution is -0.140. The second kappa shape index (κ2) is 14.8. The number of sulfonamides is 1. The summed E-state index contributed by atoms with van der Waals surface area (Å²) in [5.74, 6) is -0.968. The standard InChI is InChI=1S/C34H35Cl2N3O4S/c1-4-37-34(41)32(21-26-12-7-5-8-13-26)38(22-28-29(35)16-11-17-30(28)36)33(40)23-39(31-19-18-24(2)20-25(31)3)44(42,43)27-14-9-6-10-15-27/h5-20,32H,4,21-23H2,1-3H3,(H,37,41)/t32-/m0/s1. The van der Waals surface area contributed by atoms with Crippen molar-refractivity contribution in [2.24, 2.45) is 0 Å². The molecule has 0 saturated carbocycles. The number of likely N-dealkylation sites (N-methyl/N-ethyl adjacent to an activating group) is 1. The van der Waals surface area contributed by atoms with Crippen LogP contribution >= 0.6 is 23.2 Å². The number of carbonyl (C=O) groups is 2. The quantitative estimate of drug-likeness (QED) is 0.187. The largest absolute Gasteiger partial charge is 0.355 e. The Kier molecular flexibility index (Phi) is 11.1. The Morgan fingerprint density at radius 3 is 2.05 bits per heavy atom. The van der Waals surface area contributed by atoms with E-state index in [-0.39, 0.29) is 23.8 Å². The first-order chi connectivity index (χ1) is 21.0. The molecule has 0 aliphatic heterocycles. The van der Waals surface area contributed by atoms with E-state index < -0.39 is 28.5 Å². The summed E-state index contributed by atoms with van der Waals surface area (Å²) in [4.78, 5) is 29.5. The summed E-state index contributed by atoms with van der Waals surface area (Å²) in [7, 11) is -4.19. The van der Waals surface area contributed by atoms with Crippen LogP contribution in [0.2, 0.25) is 10.0 Å². The summed E-state index contributed by atoms with van der Waals surface area (Å²) in [5, 5.41) is 3.50. The zero-order valence-electron chi connectivity index (χ0n) is 24.8. The smallest absolute Gasteiger partial charge is 0.264 e. The highest BCUT2D eigenvalue weighted by Crippen LogP contribution is 2.30. The summed E-state index contributed by atoms with van der Waals surface area (Å²) < 4.78 is 29.4. The molecule has 0 radical (unpaired) electrons. The fraction of sp³-hybridized carbons (Fsp3) is 0.235. The first-order valence-corrected chi connectivity index (χ1v) is 16.4. The van der Waals surface area contributed by atoms with Crippen molar-refractivity contribution in [3.05, 3.63) is 129 Å². The minimum atomic E-state index is -4.19. The maximum absolute atomic E-state index is 14.5. The van der Waals surface area contributed by atoms with Crippen LogP contribution in [0.5, 0.6) is 0 Å². The van der Waals surface area contributed by atoms with Crippen LogP contribution in [0, 0.1) is 13.8 Å². The summed E-state index contributed by atoms with van der Waals surface area (Å²) in [6, 6.07) is 26.7. The van der Waals surface area contributed by atoms with Gasteiger partial charge in [0, 0.05) is 35.1 Å². The second-order valence-electron chi connectivity index (χ2n) is 10.4. The average Bonchev–Trinajstić information content (AvgIpc) is 3.00. The van der Waals surface area contributed by atoms with Crippen LogP contribution in [-0.4, -0.2) is 44.3 Å². The molecule has 0 aromatic heterocycles. The van der Waals surface area contributed by atoms with E-state index in [9.17, 15) is 18.0 Å². The number of nitrogens with zero attached hydrogens (tertiary/aromatic N) is 2. The lowest BCUT2D eigenvalue weighted by Gasteiger charge is -2.34. The van der Waals surface area contributed by atoms with Gasteiger partial charge in [0.15, 0.2) is 0 Å². The van der Waals surface area contributed by atoms with Gasteiger partial charge in [-0.05, 0) is 62.2 Å². The molecule has 4 aromatic rings. The predicted molar refractivity (Wildman–Crippen MR) is 177 cm³/mol. The highest BCUT2D eigenvalue weighted by molar-refractivity contribution is 7.92. The van der Waals surface area contributed by atoms with Gasteiger partial charge in [-0.2, -0.15) is 0 Å². The van der Waals surface area contributed by atoms with Crippen molar-refractivity contribution in [1.29, 1.82) is 0 Å². The fourth-order valence-electron chi connectivity index (χ4n) is 5.02. The molecule has 2 amide bonds. The van der Waals surface area contributed by atoms with Gasteiger partial charge in [-0.3, -0.25) is 13.9 Å². The summed E-state index contributed by atoms with van der Waals surface area (Å²) in [6.07, 6.45) is 0.190. The van der Waals surface area contributed by atoms with Crippen LogP contribution in [0.25, 0.3) is 0 Å². The maximum atomic E-state index is 14.5. The van der Waals surface area contributed by atoms with Crippen molar-refractivity contribution >= 4 is 50.7 Å². The molecule has 1 N–H and O–H groups in total. The second-order valence-corrected chi connectivity index (χ2v) is 13.1. The van der Waals surface area contributed by atoms with Crippen molar-refractivity contribution in [1.82, 2.24) is 10.2 Å². The molecule has 4 aromatic carbocycles. The Morgan fingerprint density at radius 1 is 0.841 bits per heavy atom. The highest BCUT2D eigenvalue weighted by atomic mass is 35.5. The lowest BCUT2D eigenvalue weighted by Crippen LogP contribution is -2.53. The number of hydrogen-bond acceptors (Lipinski definition) is 4. The van der Waals surface area contributed by atoms with E-state index in [0.717, 1.165) is 15.4 Å². The van der Waals surface area contributed by atoms with Crippen molar-refractivity contribution in [3.8, 4) is 0 Å². The third-order valence-corrected chi connectivity index (χ3v) is 9.73. The Hall–Kier alpha value is -3.85. The molecule has 0 spiro atoms. The summed E-state index contributed by atoms with van der Waals surface area (Å²) in [5.41, 5.74) is 3.28. The number of benzene rings is 4. The molecule has 0 unspecified atom stereocenters. The predicted octanol–water partition coefficient (Wildman–Crippen LogP) is 6.58. The molecular formula is C34H35Cl2N3O4S. The number of rotatable bonds is 12. The first-order valence-electron chi connectivity index (χ1n) is 14.2. The zero-order chi connectivity index (χ0) is 31.9. The molecule has 4 rings (SSSR count). The Bertz CT molecular complexity index is 1700. The molecule has 0 saturated heterocycles. The Labute approximate surface area is 269 Å². The fourth-order valence-corrected chi connectivity index (χ4v) is 7.03. The monoisotopic (exact) mass is 651 g/mol. The van der Waals surface area contributed by atoms with Gasteiger partial charge in [-0.1, -0.05) is 95.5 Å². The number of hydrogen-bond donors (Lipinski definition) is 1. The van der Waals surface area contributed by atoms with Gasteiger partial charge in [-0.15, -0.1) is 0 Å². The molecule has 0 aliphatic carbocycles. The molecule has 10 heteroatoms. The number of halogens is 2. The van der Waals surface area contributed by atoms with E-state index in [2.05, 4.69) is 5.32 Å².